The second-order valence-corrected chi connectivity index (χ2v) is 3.22. The van der Waals surface area contributed by atoms with Gasteiger partial charge >= 0.3 is 0 Å². The van der Waals surface area contributed by atoms with Gasteiger partial charge in [-0.25, -0.2) is 0 Å². The normalized spacial score (nSPS) is 16.4. The molecule has 11 heavy (non-hydrogen) atoms. The topological polar surface area (TPSA) is 21.3 Å². The molecule has 0 spiro atoms. The maximum Gasteiger partial charge on any atom is 0.0667 e. The molecule has 0 aliphatic rings. The van der Waals surface area contributed by atoms with Crippen LogP contribution in [0.4, 0.5) is 0 Å². The Kier molecular flexibility index (Phi) is 6.57. The van der Waals surface area contributed by atoms with Crippen LogP contribution in [0.25, 0.3) is 0 Å². The monoisotopic (exact) mass is 159 g/mol. The van der Waals surface area contributed by atoms with Crippen LogP contribution < -0.4 is 5.32 Å². The molecule has 0 amide bonds. The van der Waals surface area contributed by atoms with Crippen LogP contribution in [0.1, 0.15) is 27.2 Å². The van der Waals surface area contributed by atoms with Crippen molar-refractivity contribution in [2.45, 2.75) is 33.3 Å². The van der Waals surface area contributed by atoms with Crippen molar-refractivity contribution in [3.05, 3.63) is 0 Å². The number of nitrogens with one attached hydrogen (secondary N) is 1. The highest BCUT2D eigenvalue weighted by Crippen LogP contribution is 1.97. The van der Waals surface area contributed by atoms with Gasteiger partial charge in [-0.3, -0.25) is 0 Å². The lowest BCUT2D eigenvalue weighted by atomic mass is 10.1. The van der Waals surface area contributed by atoms with E-state index in [1.54, 1.807) is 7.11 Å². The first-order valence-corrected chi connectivity index (χ1v) is 4.44. The summed E-state index contributed by atoms with van der Waals surface area (Å²) < 4.78 is 5.10. The van der Waals surface area contributed by atoms with Gasteiger partial charge < -0.3 is 10.1 Å². The summed E-state index contributed by atoms with van der Waals surface area (Å²) in [7, 11) is 1.75. The minimum Gasteiger partial charge on any atom is -0.380 e. The van der Waals surface area contributed by atoms with Crippen molar-refractivity contribution in [1.82, 2.24) is 5.32 Å². The molecule has 2 heteroatoms. The highest BCUT2D eigenvalue weighted by Gasteiger charge is 2.00. The Hall–Kier alpha value is -0.0800. The second-order valence-electron chi connectivity index (χ2n) is 3.22. The molecule has 0 aliphatic heterocycles. The Balaban J connectivity index is 3.13. The fourth-order valence-electron chi connectivity index (χ4n) is 0.761. The first kappa shape index (κ1) is 10.9. The van der Waals surface area contributed by atoms with Gasteiger partial charge in [0.2, 0.25) is 0 Å². The van der Waals surface area contributed by atoms with Gasteiger partial charge in [0, 0.05) is 13.7 Å². The van der Waals surface area contributed by atoms with Crippen LogP contribution in [-0.4, -0.2) is 26.3 Å². The number of hydrogen-bond donors (Lipinski definition) is 1. The van der Waals surface area contributed by atoms with Crippen molar-refractivity contribution in [1.29, 1.82) is 0 Å². The van der Waals surface area contributed by atoms with Crippen molar-refractivity contribution in [2.75, 3.05) is 20.2 Å². The Morgan fingerprint density at radius 3 is 2.36 bits per heavy atom. The summed E-state index contributed by atoms with van der Waals surface area (Å²) >= 11 is 0. The van der Waals surface area contributed by atoms with Crippen LogP contribution in [-0.2, 0) is 4.74 Å². The Morgan fingerprint density at radius 1 is 1.27 bits per heavy atom. The predicted molar refractivity (Wildman–Crippen MR) is 48.8 cm³/mol. The maximum atomic E-state index is 5.10. The zero-order chi connectivity index (χ0) is 8.69. The summed E-state index contributed by atoms with van der Waals surface area (Å²) in [6.45, 7) is 8.60. The van der Waals surface area contributed by atoms with Crippen LogP contribution in [0.5, 0.6) is 0 Å². The fraction of sp³-hybridized carbons (Fsp3) is 1.00. The molecule has 0 aromatic heterocycles. The van der Waals surface area contributed by atoms with Crippen LogP contribution in [0, 0.1) is 5.92 Å². The highest BCUT2D eigenvalue weighted by atomic mass is 16.5. The van der Waals surface area contributed by atoms with Gasteiger partial charge in [-0.15, -0.1) is 0 Å². The first-order chi connectivity index (χ1) is 5.20. The van der Waals surface area contributed by atoms with Gasteiger partial charge in [-0.2, -0.15) is 0 Å². The average Bonchev–Trinajstić information content (AvgIpc) is 2.04. The molecule has 0 saturated carbocycles. The van der Waals surface area contributed by atoms with Gasteiger partial charge in [-0.05, 0) is 19.4 Å². The molecular formula is C9H21NO. The third kappa shape index (κ3) is 6.32. The maximum absolute atomic E-state index is 5.10. The summed E-state index contributed by atoms with van der Waals surface area (Å²) in [6, 6.07) is 0. The van der Waals surface area contributed by atoms with Gasteiger partial charge in [0.1, 0.15) is 0 Å². The quantitative estimate of drug-likeness (QED) is 0.636. The van der Waals surface area contributed by atoms with Crippen molar-refractivity contribution >= 4 is 0 Å². The van der Waals surface area contributed by atoms with E-state index in [-0.39, 0.29) is 0 Å². The van der Waals surface area contributed by atoms with Crippen LogP contribution >= 0.6 is 0 Å². The second kappa shape index (κ2) is 6.62. The lowest BCUT2D eigenvalue weighted by molar-refractivity contribution is 0.116. The third-order valence-electron chi connectivity index (χ3n) is 2.02. The van der Waals surface area contributed by atoms with Crippen LogP contribution in [0.2, 0.25) is 0 Å². The number of ether oxygens (including phenoxy) is 1. The van der Waals surface area contributed by atoms with E-state index < -0.39 is 0 Å². The van der Waals surface area contributed by atoms with Crippen LogP contribution in [0.3, 0.4) is 0 Å². The highest BCUT2D eigenvalue weighted by molar-refractivity contribution is 4.58. The molecule has 0 fully saturated rings. The van der Waals surface area contributed by atoms with Crippen molar-refractivity contribution in [3.8, 4) is 0 Å². The minimum absolute atomic E-state index is 0.332. The average molecular weight is 159 g/mol. The van der Waals surface area contributed by atoms with Crippen molar-refractivity contribution < 1.29 is 4.74 Å². The zero-order valence-corrected chi connectivity index (χ0v) is 8.18. The Morgan fingerprint density at radius 2 is 1.91 bits per heavy atom. The van der Waals surface area contributed by atoms with E-state index in [9.17, 15) is 0 Å². The summed E-state index contributed by atoms with van der Waals surface area (Å²) in [6.07, 6.45) is 1.58. The molecule has 0 bridgehead atoms. The molecule has 0 radical (unpaired) electrons. The SMILES string of the molecule is CC[C@@H](C)CNC[C@H](C)OC. The van der Waals surface area contributed by atoms with Crippen molar-refractivity contribution in [2.24, 2.45) is 5.92 Å². The molecule has 1 N–H and O–H groups in total. The third-order valence-corrected chi connectivity index (χ3v) is 2.02. The van der Waals surface area contributed by atoms with Gasteiger partial charge in [-0.1, -0.05) is 20.3 Å². The van der Waals surface area contributed by atoms with Crippen molar-refractivity contribution in [3.63, 3.8) is 0 Å². The van der Waals surface area contributed by atoms with E-state index in [2.05, 4.69) is 26.1 Å². The molecular weight excluding hydrogens is 138 g/mol. The molecule has 0 aliphatic carbocycles. The molecule has 2 nitrogen and oxygen atoms in total. The van der Waals surface area contributed by atoms with E-state index in [1.807, 2.05) is 0 Å². The van der Waals surface area contributed by atoms with E-state index in [1.165, 1.54) is 6.42 Å². The molecule has 0 saturated heterocycles. The Labute approximate surface area is 70.3 Å². The summed E-state index contributed by atoms with van der Waals surface area (Å²) in [5, 5.41) is 3.36. The molecule has 2 atom stereocenters. The number of methoxy groups -OCH3 is 1. The summed E-state index contributed by atoms with van der Waals surface area (Å²) in [5.41, 5.74) is 0. The molecule has 0 aromatic carbocycles. The van der Waals surface area contributed by atoms with Gasteiger partial charge in [0.15, 0.2) is 0 Å². The van der Waals surface area contributed by atoms with E-state index in [4.69, 9.17) is 4.74 Å². The van der Waals surface area contributed by atoms with E-state index >= 15 is 0 Å². The summed E-state index contributed by atoms with van der Waals surface area (Å²) in [4.78, 5) is 0. The molecule has 0 aromatic rings. The van der Waals surface area contributed by atoms with Gasteiger partial charge in [0.25, 0.3) is 0 Å². The molecule has 68 valence electrons. The number of rotatable bonds is 6. The lowest BCUT2D eigenvalue weighted by Crippen LogP contribution is -2.29. The van der Waals surface area contributed by atoms with Crippen LogP contribution in [0.15, 0.2) is 0 Å². The molecule has 0 unspecified atom stereocenters. The predicted octanol–water partition coefficient (Wildman–Crippen LogP) is 1.66. The van der Waals surface area contributed by atoms with E-state index in [0.29, 0.717) is 6.10 Å². The lowest BCUT2D eigenvalue weighted by Gasteiger charge is -2.13. The molecule has 0 rings (SSSR count). The largest absolute Gasteiger partial charge is 0.380 e. The standard InChI is InChI=1S/C9H21NO/c1-5-8(2)6-10-7-9(3)11-4/h8-10H,5-7H2,1-4H3/t8-,9+/m1/s1. The smallest absolute Gasteiger partial charge is 0.0667 e. The zero-order valence-electron chi connectivity index (χ0n) is 8.18. The molecule has 0 heterocycles. The summed E-state index contributed by atoms with van der Waals surface area (Å²) in [5.74, 6) is 0.777. The number of hydrogen-bond acceptors (Lipinski definition) is 2. The fourth-order valence-corrected chi connectivity index (χ4v) is 0.761. The minimum atomic E-state index is 0.332. The Bertz CT molecular complexity index is 75.6. The van der Waals surface area contributed by atoms with E-state index in [0.717, 1.165) is 19.0 Å². The first-order valence-electron chi connectivity index (χ1n) is 4.44. The van der Waals surface area contributed by atoms with Gasteiger partial charge in [0.05, 0.1) is 6.10 Å².